The van der Waals surface area contributed by atoms with Gasteiger partial charge in [-0.15, -0.1) is 0 Å². The SMILES string of the molecule is COc1ccc(C2(NC(=O)C(F)(F)F)CCC(c3ccccc3)CC2)cc1. The first-order valence-electron chi connectivity index (χ1n) is 8.93. The van der Waals surface area contributed by atoms with Crippen LogP contribution in [-0.4, -0.2) is 19.2 Å². The molecule has 0 heterocycles. The predicted molar refractivity (Wildman–Crippen MR) is 96.5 cm³/mol. The molecule has 1 amide bonds. The Hall–Kier alpha value is -2.50. The highest BCUT2D eigenvalue weighted by molar-refractivity contribution is 5.82. The molecule has 2 aromatic carbocycles. The van der Waals surface area contributed by atoms with Crippen LogP contribution in [0.4, 0.5) is 13.2 Å². The Kier molecular flexibility index (Phi) is 5.44. The Morgan fingerprint density at radius 1 is 1.04 bits per heavy atom. The van der Waals surface area contributed by atoms with Gasteiger partial charge in [0, 0.05) is 0 Å². The molecule has 1 N–H and O–H groups in total. The second kappa shape index (κ2) is 7.62. The standard InChI is InChI=1S/C21H22F3NO2/c1-27-18-9-7-17(8-10-18)20(25-19(26)21(22,23)24)13-11-16(12-14-20)15-5-3-2-4-6-15/h2-10,16H,11-14H2,1H3,(H,25,26). The van der Waals surface area contributed by atoms with E-state index in [0.717, 1.165) is 0 Å². The number of carbonyl (C=O) groups excluding carboxylic acids is 1. The summed E-state index contributed by atoms with van der Waals surface area (Å²) in [4.78, 5) is 11.7. The predicted octanol–water partition coefficient (Wildman–Crippen LogP) is 4.93. The van der Waals surface area contributed by atoms with Crippen LogP contribution in [0.5, 0.6) is 5.75 Å². The Morgan fingerprint density at radius 3 is 2.15 bits per heavy atom. The highest BCUT2D eigenvalue weighted by Gasteiger charge is 2.46. The molecule has 0 atom stereocenters. The van der Waals surface area contributed by atoms with Crippen LogP contribution in [0.2, 0.25) is 0 Å². The zero-order valence-electron chi connectivity index (χ0n) is 15.1. The van der Waals surface area contributed by atoms with Crippen molar-refractivity contribution >= 4 is 5.91 Å². The normalized spacial score (nSPS) is 22.9. The zero-order valence-corrected chi connectivity index (χ0v) is 15.1. The van der Waals surface area contributed by atoms with Gasteiger partial charge in [0.2, 0.25) is 0 Å². The molecule has 0 spiro atoms. The molecule has 6 heteroatoms. The average Bonchev–Trinajstić information content (AvgIpc) is 2.68. The Labute approximate surface area is 156 Å². The second-order valence-corrected chi connectivity index (χ2v) is 6.95. The number of hydrogen-bond acceptors (Lipinski definition) is 2. The van der Waals surface area contributed by atoms with Crippen LogP contribution in [0.3, 0.4) is 0 Å². The largest absolute Gasteiger partial charge is 0.497 e. The van der Waals surface area contributed by atoms with E-state index in [0.29, 0.717) is 37.0 Å². The van der Waals surface area contributed by atoms with Gasteiger partial charge < -0.3 is 10.1 Å². The van der Waals surface area contributed by atoms with Crippen molar-refractivity contribution in [3.63, 3.8) is 0 Å². The maximum absolute atomic E-state index is 12.9. The van der Waals surface area contributed by atoms with Gasteiger partial charge in [-0.3, -0.25) is 4.79 Å². The van der Waals surface area contributed by atoms with E-state index in [2.05, 4.69) is 5.32 Å². The van der Waals surface area contributed by atoms with E-state index in [1.54, 1.807) is 24.3 Å². The minimum absolute atomic E-state index is 0.278. The third-order valence-electron chi connectivity index (χ3n) is 5.36. The van der Waals surface area contributed by atoms with Crippen LogP contribution < -0.4 is 10.1 Å². The fourth-order valence-corrected chi connectivity index (χ4v) is 3.85. The van der Waals surface area contributed by atoms with E-state index in [9.17, 15) is 18.0 Å². The molecule has 0 saturated heterocycles. The fraction of sp³-hybridized carbons (Fsp3) is 0.381. The Morgan fingerprint density at radius 2 is 1.63 bits per heavy atom. The monoisotopic (exact) mass is 377 g/mol. The van der Waals surface area contributed by atoms with E-state index in [1.807, 2.05) is 30.3 Å². The summed E-state index contributed by atoms with van der Waals surface area (Å²) in [5.74, 6) is -0.995. The lowest BCUT2D eigenvalue weighted by atomic mass is 9.71. The average molecular weight is 377 g/mol. The number of amides is 1. The molecule has 0 aromatic heterocycles. The summed E-state index contributed by atoms with van der Waals surface area (Å²) in [6.45, 7) is 0. The molecular weight excluding hydrogens is 355 g/mol. The highest BCUT2D eigenvalue weighted by atomic mass is 19.4. The molecule has 1 aliphatic rings. The van der Waals surface area contributed by atoms with Crippen LogP contribution in [0, 0.1) is 0 Å². The molecule has 1 fully saturated rings. The van der Waals surface area contributed by atoms with E-state index in [1.165, 1.54) is 12.7 Å². The molecule has 0 bridgehead atoms. The van der Waals surface area contributed by atoms with Gasteiger partial charge >= 0.3 is 12.1 Å². The minimum Gasteiger partial charge on any atom is -0.497 e. The van der Waals surface area contributed by atoms with Crippen LogP contribution in [-0.2, 0) is 10.3 Å². The summed E-state index contributed by atoms with van der Waals surface area (Å²) in [6.07, 6.45) is -2.61. The molecule has 27 heavy (non-hydrogen) atoms. The molecule has 3 rings (SSSR count). The van der Waals surface area contributed by atoms with Gasteiger partial charge in [0.25, 0.3) is 0 Å². The van der Waals surface area contributed by atoms with Crippen molar-refractivity contribution in [3.05, 3.63) is 65.7 Å². The van der Waals surface area contributed by atoms with Crippen molar-refractivity contribution in [2.75, 3.05) is 7.11 Å². The van der Waals surface area contributed by atoms with E-state index < -0.39 is 17.6 Å². The van der Waals surface area contributed by atoms with E-state index in [-0.39, 0.29) is 5.92 Å². The Balaban J connectivity index is 1.86. The van der Waals surface area contributed by atoms with E-state index >= 15 is 0 Å². The lowest BCUT2D eigenvalue weighted by Gasteiger charge is -2.41. The summed E-state index contributed by atoms with van der Waals surface area (Å²) in [5, 5.41) is 2.29. The molecule has 3 nitrogen and oxygen atoms in total. The third-order valence-corrected chi connectivity index (χ3v) is 5.36. The summed E-state index contributed by atoms with van der Waals surface area (Å²) >= 11 is 0. The summed E-state index contributed by atoms with van der Waals surface area (Å²) in [6, 6.07) is 16.8. The van der Waals surface area contributed by atoms with Gasteiger partial charge in [-0.2, -0.15) is 13.2 Å². The number of rotatable bonds is 4. The maximum Gasteiger partial charge on any atom is 0.471 e. The molecule has 0 aliphatic heterocycles. The fourth-order valence-electron chi connectivity index (χ4n) is 3.85. The van der Waals surface area contributed by atoms with E-state index in [4.69, 9.17) is 4.74 Å². The van der Waals surface area contributed by atoms with Crippen molar-refractivity contribution in [2.45, 2.75) is 43.3 Å². The van der Waals surface area contributed by atoms with Crippen molar-refractivity contribution < 1.29 is 22.7 Å². The third kappa shape index (κ3) is 4.26. The Bertz CT molecular complexity index is 764. The molecule has 0 radical (unpaired) electrons. The number of carbonyl (C=O) groups is 1. The summed E-state index contributed by atoms with van der Waals surface area (Å²) in [5.41, 5.74) is 0.833. The molecule has 144 valence electrons. The number of nitrogens with one attached hydrogen (secondary N) is 1. The number of ether oxygens (including phenoxy) is 1. The second-order valence-electron chi connectivity index (χ2n) is 6.95. The number of methoxy groups -OCH3 is 1. The topological polar surface area (TPSA) is 38.3 Å². The first-order valence-corrected chi connectivity index (χ1v) is 8.93. The molecule has 0 unspecified atom stereocenters. The minimum atomic E-state index is -4.91. The van der Waals surface area contributed by atoms with Crippen LogP contribution in [0.1, 0.15) is 42.7 Å². The van der Waals surface area contributed by atoms with Gasteiger partial charge in [-0.05, 0) is 54.9 Å². The maximum atomic E-state index is 12.9. The van der Waals surface area contributed by atoms with Gasteiger partial charge in [-0.1, -0.05) is 42.5 Å². The summed E-state index contributed by atoms with van der Waals surface area (Å²) < 4.78 is 43.9. The van der Waals surface area contributed by atoms with Gasteiger partial charge in [-0.25, -0.2) is 0 Å². The van der Waals surface area contributed by atoms with Gasteiger partial charge in [0.1, 0.15) is 5.75 Å². The number of benzene rings is 2. The highest BCUT2D eigenvalue weighted by Crippen LogP contribution is 2.44. The van der Waals surface area contributed by atoms with Crippen molar-refractivity contribution in [3.8, 4) is 5.75 Å². The zero-order chi connectivity index (χ0) is 19.5. The number of hydrogen-bond donors (Lipinski definition) is 1. The quantitative estimate of drug-likeness (QED) is 0.821. The van der Waals surface area contributed by atoms with Crippen molar-refractivity contribution in [1.29, 1.82) is 0 Å². The van der Waals surface area contributed by atoms with Gasteiger partial charge in [0.15, 0.2) is 0 Å². The lowest BCUT2D eigenvalue weighted by Crippen LogP contribution is -2.52. The van der Waals surface area contributed by atoms with Crippen LogP contribution >= 0.6 is 0 Å². The number of alkyl halides is 3. The first kappa shape index (κ1) is 19.3. The molecular formula is C21H22F3NO2. The smallest absolute Gasteiger partial charge is 0.471 e. The van der Waals surface area contributed by atoms with Crippen LogP contribution in [0.25, 0.3) is 0 Å². The van der Waals surface area contributed by atoms with Gasteiger partial charge in [0.05, 0.1) is 12.6 Å². The molecule has 2 aromatic rings. The summed E-state index contributed by atoms with van der Waals surface area (Å²) in [7, 11) is 1.53. The molecule has 1 aliphatic carbocycles. The van der Waals surface area contributed by atoms with Crippen LogP contribution in [0.15, 0.2) is 54.6 Å². The number of halogens is 3. The van der Waals surface area contributed by atoms with Crippen molar-refractivity contribution in [1.82, 2.24) is 5.32 Å². The lowest BCUT2D eigenvalue weighted by molar-refractivity contribution is -0.176. The van der Waals surface area contributed by atoms with Crippen molar-refractivity contribution in [2.24, 2.45) is 0 Å². The molecule has 1 saturated carbocycles. The first-order chi connectivity index (χ1) is 12.8.